The highest BCUT2D eigenvalue weighted by Gasteiger charge is 2.32. The van der Waals surface area contributed by atoms with E-state index in [1.165, 1.54) is 18.4 Å². The van der Waals surface area contributed by atoms with E-state index in [4.69, 9.17) is 5.11 Å². The molecule has 11 heavy (non-hydrogen) atoms. The fourth-order valence-corrected chi connectivity index (χ4v) is 1.48. The van der Waals surface area contributed by atoms with Crippen molar-refractivity contribution in [1.29, 1.82) is 0 Å². The van der Waals surface area contributed by atoms with Crippen molar-refractivity contribution in [2.45, 2.75) is 33.6 Å². The van der Waals surface area contributed by atoms with Crippen LogP contribution in [0.15, 0.2) is 11.6 Å². The number of rotatable bonds is 1. The average molecular weight is 154 g/mol. The van der Waals surface area contributed by atoms with Gasteiger partial charge in [0.2, 0.25) is 0 Å². The molecule has 0 amide bonds. The van der Waals surface area contributed by atoms with Gasteiger partial charge in [0, 0.05) is 0 Å². The Morgan fingerprint density at radius 1 is 1.45 bits per heavy atom. The molecule has 0 saturated heterocycles. The molecule has 0 aliphatic heterocycles. The second kappa shape index (κ2) is 2.98. The Labute approximate surface area is 69.1 Å². The van der Waals surface area contributed by atoms with Crippen LogP contribution in [0, 0.1) is 11.3 Å². The van der Waals surface area contributed by atoms with E-state index >= 15 is 0 Å². The molecule has 0 aromatic carbocycles. The van der Waals surface area contributed by atoms with Gasteiger partial charge in [-0.2, -0.15) is 0 Å². The predicted octanol–water partition coefficient (Wildman–Crippen LogP) is 2.36. The summed E-state index contributed by atoms with van der Waals surface area (Å²) in [6, 6.07) is 0. The molecule has 0 radical (unpaired) electrons. The molecule has 1 saturated carbocycles. The van der Waals surface area contributed by atoms with E-state index in [9.17, 15) is 0 Å². The Hall–Kier alpha value is -0.300. The van der Waals surface area contributed by atoms with Crippen molar-refractivity contribution in [3.05, 3.63) is 11.6 Å². The molecular weight excluding hydrogens is 136 g/mol. The molecule has 0 aromatic rings. The molecule has 0 aromatic heterocycles. The van der Waals surface area contributed by atoms with Crippen LogP contribution >= 0.6 is 0 Å². The number of aliphatic hydroxyl groups is 1. The second-order valence-electron chi connectivity index (χ2n) is 4.52. The minimum absolute atomic E-state index is 0.214. The summed E-state index contributed by atoms with van der Waals surface area (Å²) >= 11 is 0. The minimum atomic E-state index is 0.214. The molecule has 0 unspecified atom stereocenters. The summed E-state index contributed by atoms with van der Waals surface area (Å²) in [5.74, 6) is 0.834. The van der Waals surface area contributed by atoms with E-state index in [0.717, 1.165) is 5.92 Å². The lowest BCUT2D eigenvalue weighted by Gasteiger charge is -2.39. The van der Waals surface area contributed by atoms with E-state index < -0.39 is 0 Å². The largest absolute Gasteiger partial charge is 0.392 e. The fraction of sp³-hybridized carbons (Fsp3) is 0.800. The number of hydrogen-bond acceptors (Lipinski definition) is 1. The van der Waals surface area contributed by atoms with Crippen LogP contribution in [0.1, 0.15) is 33.6 Å². The van der Waals surface area contributed by atoms with E-state index in [1.54, 1.807) is 0 Å². The molecule has 64 valence electrons. The summed E-state index contributed by atoms with van der Waals surface area (Å²) in [6.07, 6.45) is 4.34. The third kappa shape index (κ3) is 2.06. The Balaban J connectivity index is 2.35. The van der Waals surface area contributed by atoms with Gasteiger partial charge >= 0.3 is 0 Å². The SMILES string of the molecule is CC(C)(C)C1CC(=CCO)C1. The average Bonchev–Trinajstić information content (AvgIpc) is 1.74. The Kier molecular flexibility index (Phi) is 2.38. The summed E-state index contributed by atoms with van der Waals surface area (Å²) in [4.78, 5) is 0. The summed E-state index contributed by atoms with van der Waals surface area (Å²) in [6.45, 7) is 7.07. The molecule has 1 fully saturated rings. The van der Waals surface area contributed by atoms with Crippen molar-refractivity contribution < 1.29 is 5.11 Å². The van der Waals surface area contributed by atoms with Crippen molar-refractivity contribution in [2.24, 2.45) is 11.3 Å². The normalized spacial score (nSPS) is 24.7. The van der Waals surface area contributed by atoms with Gasteiger partial charge in [-0.1, -0.05) is 32.4 Å². The monoisotopic (exact) mass is 154 g/mol. The van der Waals surface area contributed by atoms with E-state index in [-0.39, 0.29) is 6.61 Å². The van der Waals surface area contributed by atoms with Crippen LogP contribution < -0.4 is 0 Å². The molecule has 0 spiro atoms. The van der Waals surface area contributed by atoms with Crippen LogP contribution in [0.2, 0.25) is 0 Å². The Morgan fingerprint density at radius 2 is 2.00 bits per heavy atom. The highest BCUT2D eigenvalue weighted by molar-refractivity contribution is 5.14. The molecule has 1 N–H and O–H groups in total. The highest BCUT2D eigenvalue weighted by Crippen LogP contribution is 2.44. The summed E-state index contributed by atoms with van der Waals surface area (Å²) in [7, 11) is 0. The van der Waals surface area contributed by atoms with Gasteiger partial charge in [-0.15, -0.1) is 0 Å². The van der Waals surface area contributed by atoms with Gasteiger partial charge in [0.15, 0.2) is 0 Å². The van der Waals surface area contributed by atoms with Gasteiger partial charge in [0.25, 0.3) is 0 Å². The number of hydrogen-bond donors (Lipinski definition) is 1. The smallest absolute Gasteiger partial charge is 0.0615 e. The van der Waals surface area contributed by atoms with E-state index in [2.05, 4.69) is 20.8 Å². The molecule has 1 heteroatoms. The zero-order chi connectivity index (χ0) is 8.48. The molecule has 0 heterocycles. The topological polar surface area (TPSA) is 20.2 Å². The van der Waals surface area contributed by atoms with Crippen molar-refractivity contribution in [2.75, 3.05) is 6.61 Å². The first kappa shape index (κ1) is 8.79. The maximum Gasteiger partial charge on any atom is 0.0615 e. The van der Waals surface area contributed by atoms with Crippen LogP contribution in [0.5, 0.6) is 0 Å². The van der Waals surface area contributed by atoms with Crippen LogP contribution in [0.25, 0.3) is 0 Å². The molecule has 1 aliphatic carbocycles. The van der Waals surface area contributed by atoms with Gasteiger partial charge in [-0.05, 0) is 24.2 Å². The maximum atomic E-state index is 8.61. The van der Waals surface area contributed by atoms with Gasteiger partial charge in [-0.3, -0.25) is 0 Å². The third-order valence-corrected chi connectivity index (χ3v) is 2.62. The molecule has 1 aliphatic rings. The van der Waals surface area contributed by atoms with Gasteiger partial charge < -0.3 is 5.11 Å². The van der Waals surface area contributed by atoms with Crippen molar-refractivity contribution >= 4 is 0 Å². The van der Waals surface area contributed by atoms with Crippen molar-refractivity contribution in [3.8, 4) is 0 Å². The van der Waals surface area contributed by atoms with Gasteiger partial charge in [-0.25, -0.2) is 0 Å². The molecular formula is C10H18O. The maximum absolute atomic E-state index is 8.61. The van der Waals surface area contributed by atoms with Gasteiger partial charge in [0.05, 0.1) is 6.61 Å². The van der Waals surface area contributed by atoms with Crippen LogP contribution in [-0.4, -0.2) is 11.7 Å². The van der Waals surface area contributed by atoms with E-state index in [1.807, 2.05) is 6.08 Å². The summed E-state index contributed by atoms with van der Waals surface area (Å²) in [5, 5.41) is 8.61. The van der Waals surface area contributed by atoms with Crippen LogP contribution in [0.3, 0.4) is 0 Å². The van der Waals surface area contributed by atoms with Crippen molar-refractivity contribution in [3.63, 3.8) is 0 Å². The first-order valence-electron chi connectivity index (χ1n) is 4.33. The predicted molar refractivity (Wildman–Crippen MR) is 47.3 cm³/mol. The van der Waals surface area contributed by atoms with Crippen LogP contribution in [-0.2, 0) is 0 Å². The zero-order valence-electron chi connectivity index (χ0n) is 7.72. The highest BCUT2D eigenvalue weighted by atomic mass is 16.2. The molecule has 1 nitrogen and oxygen atoms in total. The Bertz CT molecular complexity index is 154. The third-order valence-electron chi connectivity index (χ3n) is 2.62. The second-order valence-corrected chi connectivity index (χ2v) is 4.52. The minimum Gasteiger partial charge on any atom is -0.392 e. The number of aliphatic hydroxyl groups excluding tert-OH is 1. The molecule has 1 rings (SSSR count). The fourth-order valence-electron chi connectivity index (χ4n) is 1.48. The lowest BCUT2D eigenvalue weighted by Crippen LogP contribution is -2.28. The van der Waals surface area contributed by atoms with Gasteiger partial charge in [0.1, 0.15) is 0 Å². The van der Waals surface area contributed by atoms with E-state index in [0.29, 0.717) is 5.41 Å². The number of allylic oxidation sites excluding steroid dienone is 1. The standard InChI is InChI=1S/C10H18O/c1-10(2,3)9-6-8(7-9)4-5-11/h4,9,11H,5-7H2,1-3H3. The lowest BCUT2D eigenvalue weighted by molar-refractivity contribution is 0.188. The summed E-state index contributed by atoms with van der Waals surface area (Å²) in [5.41, 5.74) is 1.89. The summed E-state index contributed by atoms with van der Waals surface area (Å²) < 4.78 is 0. The first-order chi connectivity index (χ1) is 5.04. The molecule has 0 atom stereocenters. The van der Waals surface area contributed by atoms with Crippen LogP contribution in [0.4, 0.5) is 0 Å². The molecule has 0 bridgehead atoms. The van der Waals surface area contributed by atoms with Crippen molar-refractivity contribution in [1.82, 2.24) is 0 Å². The first-order valence-corrected chi connectivity index (χ1v) is 4.33. The Morgan fingerprint density at radius 3 is 2.36 bits per heavy atom. The quantitative estimate of drug-likeness (QED) is 0.575. The zero-order valence-corrected chi connectivity index (χ0v) is 7.72. The lowest BCUT2D eigenvalue weighted by atomic mass is 9.66.